The lowest BCUT2D eigenvalue weighted by molar-refractivity contribution is -0.177. The van der Waals surface area contributed by atoms with E-state index in [0.717, 1.165) is 25.5 Å². The molecule has 2 fully saturated rings. The van der Waals surface area contributed by atoms with Crippen molar-refractivity contribution in [2.24, 2.45) is 11.3 Å². The van der Waals surface area contributed by atoms with Crippen LogP contribution in [0.2, 0.25) is 0 Å². The molecular formula is C15H19F2NO. The molecule has 0 aromatic heterocycles. The van der Waals surface area contributed by atoms with Crippen molar-refractivity contribution in [1.29, 1.82) is 0 Å². The van der Waals surface area contributed by atoms with Gasteiger partial charge >= 0.3 is 0 Å². The van der Waals surface area contributed by atoms with E-state index in [1.54, 1.807) is 6.07 Å². The van der Waals surface area contributed by atoms with Crippen molar-refractivity contribution in [2.75, 3.05) is 11.9 Å². The first kappa shape index (κ1) is 12.9. The zero-order valence-corrected chi connectivity index (χ0v) is 11.2. The fourth-order valence-electron chi connectivity index (χ4n) is 3.58. The summed E-state index contributed by atoms with van der Waals surface area (Å²) in [6.07, 6.45) is 2.49. The number of anilines is 1. The lowest BCUT2D eigenvalue weighted by atomic mass is 9.55. The third-order valence-electron chi connectivity index (χ3n) is 4.57. The fraction of sp³-hybridized carbons (Fsp3) is 0.600. The molecule has 2 nitrogen and oxygen atoms in total. The molecule has 3 rings (SSSR count). The molecule has 1 heterocycles. The van der Waals surface area contributed by atoms with Gasteiger partial charge in [0.15, 0.2) is 11.6 Å². The molecule has 4 heteroatoms. The van der Waals surface area contributed by atoms with Crippen LogP contribution in [0.5, 0.6) is 0 Å². The van der Waals surface area contributed by atoms with Gasteiger partial charge in [0.25, 0.3) is 0 Å². The lowest BCUT2D eigenvalue weighted by Crippen LogP contribution is -2.67. The van der Waals surface area contributed by atoms with Gasteiger partial charge in [0.1, 0.15) is 0 Å². The zero-order chi connectivity index (χ0) is 13.6. The standard InChI is InChI=1S/C15H19F2NO/c1-15(2)13(10-4-3-7-19-14(10)15)18-9-5-6-11(16)12(17)8-9/h5-6,8,10,13-14,18H,3-4,7H2,1-2H3. The number of benzene rings is 1. The van der Waals surface area contributed by atoms with Crippen molar-refractivity contribution >= 4 is 5.69 Å². The first-order valence-electron chi connectivity index (χ1n) is 6.83. The lowest BCUT2D eigenvalue weighted by Gasteiger charge is -2.60. The molecule has 0 bridgehead atoms. The van der Waals surface area contributed by atoms with E-state index < -0.39 is 11.6 Å². The van der Waals surface area contributed by atoms with Gasteiger partial charge in [-0.3, -0.25) is 0 Å². The summed E-state index contributed by atoms with van der Waals surface area (Å²) >= 11 is 0. The molecule has 1 saturated heterocycles. The van der Waals surface area contributed by atoms with Crippen molar-refractivity contribution in [3.63, 3.8) is 0 Å². The van der Waals surface area contributed by atoms with Crippen molar-refractivity contribution < 1.29 is 13.5 Å². The van der Waals surface area contributed by atoms with Gasteiger partial charge < -0.3 is 10.1 Å². The van der Waals surface area contributed by atoms with Crippen LogP contribution in [0.15, 0.2) is 18.2 Å². The molecule has 104 valence electrons. The van der Waals surface area contributed by atoms with Gasteiger partial charge in [-0.2, -0.15) is 0 Å². The second-order valence-corrected chi connectivity index (χ2v) is 6.17. The predicted octanol–water partition coefficient (Wildman–Crippen LogP) is 3.58. The van der Waals surface area contributed by atoms with Crippen molar-refractivity contribution in [1.82, 2.24) is 0 Å². The molecule has 0 radical (unpaired) electrons. The quantitative estimate of drug-likeness (QED) is 0.884. The summed E-state index contributed by atoms with van der Waals surface area (Å²) < 4.78 is 32.0. The number of nitrogens with one attached hydrogen (secondary N) is 1. The Kier molecular flexibility index (Phi) is 3.01. The predicted molar refractivity (Wildman–Crippen MR) is 70.0 cm³/mol. The van der Waals surface area contributed by atoms with E-state index >= 15 is 0 Å². The highest BCUT2D eigenvalue weighted by Crippen LogP contribution is 2.52. The van der Waals surface area contributed by atoms with Gasteiger partial charge in [0, 0.05) is 35.7 Å². The van der Waals surface area contributed by atoms with Crippen LogP contribution in [0.25, 0.3) is 0 Å². The number of ether oxygens (including phenoxy) is 1. The Morgan fingerprint density at radius 1 is 1.26 bits per heavy atom. The maximum atomic E-state index is 13.2. The molecule has 0 amide bonds. The van der Waals surface area contributed by atoms with Gasteiger partial charge in [-0.1, -0.05) is 13.8 Å². The average Bonchev–Trinajstić information content (AvgIpc) is 2.40. The summed E-state index contributed by atoms with van der Waals surface area (Å²) in [5, 5.41) is 3.35. The highest BCUT2D eigenvalue weighted by atomic mass is 19.2. The summed E-state index contributed by atoms with van der Waals surface area (Å²) in [6, 6.07) is 4.23. The van der Waals surface area contributed by atoms with Crippen LogP contribution in [-0.2, 0) is 4.74 Å². The number of hydrogen-bond donors (Lipinski definition) is 1. The Bertz CT molecular complexity index is 489. The SMILES string of the molecule is CC1(C)C(Nc2ccc(F)c(F)c2)C2CCCOC21. The Hall–Kier alpha value is -1.16. The largest absolute Gasteiger partial charge is 0.381 e. The van der Waals surface area contributed by atoms with E-state index in [-0.39, 0.29) is 17.6 Å². The summed E-state index contributed by atoms with van der Waals surface area (Å²) in [7, 11) is 0. The molecule has 3 unspecified atom stereocenters. The van der Waals surface area contributed by atoms with Crippen LogP contribution in [0.3, 0.4) is 0 Å². The molecular weight excluding hydrogens is 248 g/mol. The minimum Gasteiger partial charge on any atom is -0.381 e. The Morgan fingerprint density at radius 2 is 2.05 bits per heavy atom. The molecule has 1 aliphatic carbocycles. The third-order valence-corrected chi connectivity index (χ3v) is 4.57. The van der Waals surface area contributed by atoms with E-state index in [0.29, 0.717) is 11.6 Å². The molecule has 2 aliphatic rings. The van der Waals surface area contributed by atoms with Gasteiger partial charge in [0.2, 0.25) is 0 Å². The fourth-order valence-corrected chi connectivity index (χ4v) is 3.58. The molecule has 1 N–H and O–H groups in total. The second-order valence-electron chi connectivity index (χ2n) is 6.17. The maximum Gasteiger partial charge on any atom is 0.160 e. The molecule has 1 aliphatic heterocycles. The minimum absolute atomic E-state index is 0.0238. The number of halogens is 2. The summed E-state index contributed by atoms with van der Waals surface area (Å²) in [6.45, 7) is 5.16. The Morgan fingerprint density at radius 3 is 2.79 bits per heavy atom. The number of hydrogen-bond acceptors (Lipinski definition) is 2. The molecule has 3 atom stereocenters. The smallest absolute Gasteiger partial charge is 0.160 e. The number of rotatable bonds is 2. The minimum atomic E-state index is -0.808. The van der Waals surface area contributed by atoms with Crippen molar-refractivity contribution in [3.05, 3.63) is 29.8 Å². The van der Waals surface area contributed by atoms with E-state index in [1.165, 1.54) is 6.07 Å². The Balaban J connectivity index is 1.77. The van der Waals surface area contributed by atoms with Gasteiger partial charge in [-0.25, -0.2) is 8.78 Å². The van der Waals surface area contributed by atoms with Crippen LogP contribution < -0.4 is 5.32 Å². The molecule has 1 aromatic rings. The highest BCUT2D eigenvalue weighted by molar-refractivity contribution is 5.46. The van der Waals surface area contributed by atoms with Crippen LogP contribution in [0.1, 0.15) is 26.7 Å². The van der Waals surface area contributed by atoms with Crippen LogP contribution in [0, 0.1) is 23.0 Å². The normalized spacial score (nSPS) is 32.3. The van der Waals surface area contributed by atoms with E-state index in [4.69, 9.17) is 4.74 Å². The monoisotopic (exact) mass is 267 g/mol. The van der Waals surface area contributed by atoms with Gasteiger partial charge in [-0.15, -0.1) is 0 Å². The van der Waals surface area contributed by atoms with Crippen LogP contribution >= 0.6 is 0 Å². The molecule has 19 heavy (non-hydrogen) atoms. The van der Waals surface area contributed by atoms with Crippen molar-refractivity contribution in [2.45, 2.75) is 38.8 Å². The Labute approximate surface area is 112 Å². The van der Waals surface area contributed by atoms with Gasteiger partial charge in [0.05, 0.1) is 6.10 Å². The molecule has 0 spiro atoms. The number of fused-ring (bicyclic) bond motifs is 1. The first-order valence-corrected chi connectivity index (χ1v) is 6.83. The molecule has 1 saturated carbocycles. The van der Waals surface area contributed by atoms with E-state index in [1.807, 2.05) is 0 Å². The second kappa shape index (κ2) is 4.44. The zero-order valence-electron chi connectivity index (χ0n) is 11.2. The summed E-state index contributed by atoms with van der Waals surface area (Å²) in [5.74, 6) is -1.15. The first-order chi connectivity index (χ1) is 9.00. The highest BCUT2D eigenvalue weighted by Gasteiger charge is 2.57. The van der Waals surface area contributed by atoms with Crippen LogP contribution in [0.4, 0.5) is 14.5 Å². The topological polar surface area (TPSA) is 21.3 Å². The molecule has 1 aromatic carbocycles. The summed E-state index contributed by atoms with van der Waals surface area (Å²) in [5.41, 5.74) is 0.664. The maximum absolute atomic E-state index is 13.2. The average molecular weight is 267 g/mol. The third kappa shape index (κ3) is 2.02. The van der Waals surface area contributed by atoms with E-state index in [9.17, 15) is 8.78 Å². The van der Waals surface area contributed by atoms with Crippen LogP contribution in [-0.4, -0.2) is 18.8 Å². The van der Waals surface area contributed by atoms with Crippen molar-refractivity contribution in [3.8, 4) is 0 Å². The van der Waals surface area contributed by atoms with E-state index in [2.05, 4.69) is 19.2 Å². The van der Waals surface area contributed by atoms with Gasteiger partial charge in [-0.05, 0) is 25.0 Å². The summed E-state index contributed by atoms with van der Waals surface area (Å²) in [4.78, 5) is 0.